The van der Waals surface area contributed by atoms with Crippen molar-refractivity contribution in [2.75, 3.05) is 13.7 Å². The number of carboxylic acid groups (broad SMARTS) is 1. The van der Waals surface area contributed by atoms with Crippen molar-refractivity contribution in [2.45, 2.75) is 46.2 Å². The third-order valence-electron chi connectivity index (χ3n) is 4.42. The second-order valence-electron chi connectivity index (χ2n) is 6.64. The van der Waals surface area contributed by atoms with Crippen molar-refractivity contribution < 1.29 is 19.4 Å². The molecule has 3 atom stereocenters. The highest BCUT2D eigenvalue weighted by molar-refractivity contribution is 5.80. The Balaban J connectivity index is 2.71. The molecule has 0 saturated carbocycles. The number of hydrogen-bond donors (Lipinski definition) is 3. The summed E-state index contributed by atoms with van der Waals surface area (Å²) in [6, 6.07) is 6.70. The Morgan fingerprint density at radius 1 is 1.16 bits per heavy atom. The molecule has 0 aliphatic rings. The summed E-state index contributed by atoms with van der Waals surface area (Å²) in [5.74, 6) is -0.242. The maximum absolute atomic E-state index is 12.3. The van der Waals surface area contributed by atoms with Crippen LogP contribution in [-0.2, 0) is 9.59 Å². The van der Waals surface area contributed by atoms with Gasteiger partial charge in [0.05, 0.1) is 19.7 Å². The molecule has 1 unspecified atom stereocenters. The number of rotatable bonds is 10. The molecule has 6 nitrogen and oxygen atoms in total. The molecule has 0 radical (unpaired) electrons. The Labute approximate surface area is 150 Å². The van der Waals surface area contributed by atoms with Gasteiger partial charge in [0, 0.05) is 0 Å². The van der Waals surface area contributed by atoms with Crippen LogP contribution in [-0.4, -0.2) is 36.7 Å². The van der Waals surface area contributed by atoms with Gasteiger partial charge >= 0.3 is 5.97 Å². The highest BCUT2D eigenvalue weighted by Crippen LogP contribution is 2.23. The quantitative estimate of drug-likeness (QED) is 0.604. The number of benzene rings is 1. The van der Waals surface area contributed by atoms with Gasteiger partial charge in [-0.15, -0.1) is 0 Å². The van der Waals surface area contributed by atoms with E-state index in [9.17, 15) is 14.7 Å². The molecular formula is C19H30N2O4. The zero-order valence-corrected chi connectivity index (χ0v) is 15.7. The van der Waals surface area contributed by atoms with Crippen molar-refractivity contribution in [1.82, 2.24) is 10.6 Å². The average molecular weight is 350 g/mol. The first-order chi connectivity index (χ1) is 11.8. The van der Waals surface area contributed by atoms with Gasteiger partial charge in [-0.25, -0.2) is 0 Å². The minimum atomic E-state index is -0.933. The summed E-state index contributed by atoms with van der Waals surface area (Å²) < 4.78 is 5.16. The van der Waals surface area contributed by atoms with E-state index in [4.69, 9.17) is 4.74 Å². The van der Waals surface area contributed by atoms with E-state index in [1.54, 1.807) is 7.11 Å². The number of hydrogen-bond acceptors (Lipinski definition) is 4. The summed E-state index contributed by atoms with van der Waals surface area (Å²) in [5, 5.41) is 15.1. The molecule has 1 amide bonds. The zero-order valence-electron chi connectivity index (χ0n) is 15.7. The van der Waals surface area contributed by atoms with Crippen LogP contribution in [0.25, 0.3) is 0 Å². The Kier molecular flexibility index (Phi) is 8.41. The minimum absolute atomic E-state index is 0.0271. The normalized spacial score (nSPS) is 14.6. The van der Waals surface area contributed by atoms with Gasteiger partial charge in [0.2, 0.25) is 5.91 Å². The van der Waals surface area contributed by atoms with E-state index in [1.807, 2.05) is 52.0 Å². The van der Waals surface area contributed by atoms with Crippen LogP contribution in [0.5, 0.6) is 5.75 Å². The van der Waals surface area contributed by atoms with E-state index < -0.39 is 12.0 Å². The molecule has 0 heterocycles. The van der Waals surface area contributed by atoms with Crippen LogP contribution in [0.1, 0.15) is 45.7 Å². The summed E-state index contributed by atoms with van der Waals surface area (Å²) in [5.41, 5.74) is 0.987. The summed E-state index contributed by atoms with van der Waals surface area (Å²) in [6.45, 7) is 7.82. The number of amides is 1. The van der Waals surface area contributed by atoms with Gasteiger partial charge in [-0.05, 0) is 29.5 Å². The fraction of sp³-hybridized carbons (Fsp3) is 0.579. The number of methoxy groups -OCH3 is 1. The molecule has 25 heavy (non-hydrogen) atoms. The van der Waals surface area contributed by atoms with E-state index in [1.165, 1.54) is 0 Å². The fourth-order valence-corrected chi connectivity index (χ4v) is 2.64. The van der Waals surface area contributed by atoms with Crippen molar-refractivity contribution in [3.63, 3.8) is 0 Å². The Hall–Kier alpha value is -2.08. The third kappa shape index (κ3) is 6.38. The molecule has 1 aromatic carbocycles. The smallest absolute Gasteiger partial charge is 0.320 e. The van der Waals surface area contributed by atoms with E-state index in [0.29, 0.717) is 0 Å². The Bertz CT molecular complexity index is 557. The molecule has 0 fully saturated rings. The highest BCUT2D eigenvalue weighted by atomic mass is 16.5. The molecule has 0 aliphatic carbocycles. The standard InChI is InChI=1S/C19H30N2O4/c1-6-13(4)18(19(23)24)20-11-16(22)21-17(12(2)3)14-7-9-15(25-5)10-8-14/h7-10,12-13,17-18,20H,6,11H2,1-5H3,(H,21,22)(H,23,24)/t13-,17?,18-/m0/s1. The number of carboxylic acids is 1. The Morgan fingerprint density at radius 3 is 2.20 bits per heavy atom. The molecule has 1 aromatic rings. The topological polar surface area (TPSA) is 87.7 Å². The van der Waals surface area contributed by atoms with Crippen LogP contribution < -0.4 is 15.4 Å². The van der Waals surface area contributed by atoms with Gasteiger partial charge in [0.1, 0.15) is 11.8 Å². The number of nitrogens with one attached hydrogen (secondary N) is 2. The monoisotopic (exact) mass is 350 g/mol. The van der Waals surface area contributed by atoms with Crippen LogP contribution >= 0.6 is 0 Å². The SMILES string of the molecule is CC[C@H](C)[C@H](NCC(=O)NC(c1ccc(OC)cc1)C(C)C)C(=O)O. The number of carbonyl (C=O) groups excluding carboxylic acids is 1. The maximum Gasteiger partial charge on any atom is 0.320 e. The molecular weight excluding hydrogens is 320 g/mol. The first kappa shape index (κ1) is 21.0. The van der Waals surface area contributed by atoms with Gasteiger partial charge in [-0.1, -0.05) is 46.2 Å². The van der Waals surface area contributed by atoms with Crippen molar-refractivity contribution in [3.8, 4) is 5.75 Å². The maximum atomic E-state index is 12.3. The van der Waals surface area contributed by atoms with Crippen LogP contribution in [0.2, 0.25) is 0 Å². The largest absolute Gasteiger partial charge is 0.497 e. The lowest BCUT2D eigenvalue weighted by Crippen LogP contribution is -2.47. The molecule has 0 spiro atoms. The van der Waals surface area contributed by atoms with Gasteiger partial charge in [-0.3, -0.25) is 14.9 Å². The molecule has 6 heteroatoms. The molecule has 0 aliphatic heterocycles. The third-order valence-corrected chi connectivity index (χ3v) is 4.42. The van der Waals surface area contributed by atoms with Crippen LogP contribution in [0.3, 0.4) is 0 Å². The number of ether oxygens (including phenoxy) is 1. The Morgan fingerprint density at radius 2 is 1.76 bits per heavy atom. The van der Waals surface area contributed by atoms with Crippen LogP contribution in [0.4, 0.5) is 0 Å². The molecule has 0 saturated heterocycles. The molecule has 140 valence electrons. The number of aliphatic carboxylic acids is 1. The second-order valence-corrected chi connectivity index (χ2v) is 6.64. The highest BCUT2D eigenvalue weighted by Gasteiger charge is 2.24. The second kappa shape index (κ2) is 10.0. The number of carbonyl (C=O) groups is 2. The van der Waals surface area contributed by atoms with Crippen molar-refractivity contribution in [1.29, 1.82) is 0 Å². The van der Waals surface area contributed by atoms with Gasteiger partial charge in [-0.2, -0.15) is 0 Å². The fourth-order valence-electron chi connectivity index (χ4n) is 2.64. The first-order valence-electron chi connectivity index (χ1n) is 8.69. The molecule has 1 rings (SSSR count). The predicted molar refractivity (Wildman–Crippen MR) is 97.6 cm³/mol. The van der Waals surface area contributed by atoms with Gasteiger partial charge in [0.25, 0.3) is 0 Å². The summed E-state index contributed by atoms with van der Waals surface area (Å²) in [4.78, 5) is 23.6. The zero-order chi connectivity index (χ0) is 19.0. The lowest BCUT2D eigenvalue weighted by Gasteiger charge is -2.24. The summed E-state index contributed by atoms with van der Waals surface area (Å²) in [7, 11) is 1.61. The van der Waals surface area contributed by atoms with Crippen molar-refractivity contribution in [2.24, 2.45) is 11.8 Å². The van der Waals surface area contributed by atoms with Crippen molar-refractivity contribution in [3.05, 3.63) is 29.8 Å². The van der Waals surface area contributed by atoms with E-state index in [0.717, 1.165) is 17.7 Å². The molecule has 0 aromatic heterocycles. The average Bonchev–Trinajstić information content (AvgIpc) is 2.59. The minimum Gasteiger partial charge on any atom is -0.497 e. The molecule has 3 N–H and O–H groups in total. The predicted octanol–water partition coefficient (Wildman–Crippen LogP) is 2.60. The lowest BCUT2D eigenvalue weighted by molar-refractivity contribution is -0.141. The lowest BCUT2D eigenvalue weighted by atomic mass is 9.96. The van der Waals surface area contributed by atoms with Crippen molar-refractivity contribution >= 4 is 11.9 Å². The van der Waals surface area contributed by atoms with Crippen LogP contribution in [0, 0.1) is 11.8 Å². The van der Waals surface area contributed by atoms with Gasteiger partial charge in [0.15, 0.2) is 0 Å². The first-order valence-corrected chi connectivity index (χ1v) is 8.69. The van der Waals surface area contributed by atoms with Gasteiger partial charge < -0.3 is 15.2 Å². The summed E-state index contributed by atoms with van der Waals surface area (Å²) in [6.07, 6.45) is 0.728. The summed E-state index contributed by atoms with van der Waals surface area (Å²) >= 11 is 0. The molecule has 0 bridgehead atoms. The van der Waals surface area contributed by atoms with Crippen LogP contribution in [0.15, 0.2) is 24.3 Å². The van der Waals surface area contributed by atoms with E-state index in [-0.39, 0.29) is 30.3 Å². The van der Waals surface area contributed by atoms with E-state index >= 15 is 0 Å². The van der Waals surface area contributed by atoms with E-state index in [2.05, 4.69) is 10.6 Å².